The SMILES string of the molecule is CCNc1nc(Cl)nc(Nc2ccccc2C(C)(C)C)n1. The smallest absolute Gasteiger partial charge is 0.233 e. The minimum absolute atomic E-state index is 0.0188. The summed E-state index contributed by atoms with van der Waals surface area (Å²) in [5.41, 5.74) is 2.17. The molecule has 0 aliphatic heterocycles. The molecule has 0 radical (unpaired) electrons. The fourth-order valence-electron chi connectivity index (χ4n) is 2.01. The van der Waals surface area contributed by atoms with E-state index in [1.54, 1.807) is 0 Å². The van der Waals surface area contributed by atoms with Crippen LogP contribution in [0, 0.1) is 0 Å². The van der Waals surface area contributed by atoms with E-state index in [-0.39, 0.29) is 10.7 Å². The van der Waals surface area contributed by atoms with Crippen LogP contribution in [0.4, 0.5) is 17.6 Å². The van der Waals surface area contributed by atoms with E-state index < -0.39 is 0 Å². The summed E-state index contributed by atoms with van der Waals surface area (Å²) in [6.45, 7) is 9.19. The normalized spacial score (nSPS) is 11.3. The van der Waals surface area contributed by atoms with E-state index in [1.807, 2.05) is 25.1 Å². The number of hydrogen-bond acceptors (Lipinski definition) is 5. The molecule has 2 aromatic rings. The first-order chi connectivity index (χ1) is 9.90. The molecule has 0 bridgehead atoms. The Hall–Kier alpha value is -1.88. The lowest BCUT2D eigenvalue weighted by Gasteiger charge is -2.23. The Morgan fingerprint density at radius 1 is 1.05 bits per heavy atom. The number of nitrogens with zero attached hydrogens (tertiary/aromatic N) is 3. The standard InChI is InChI=1S/C15H20ClN5/c1-5-17-13-19-12(16)20-14(21-13)18-11-9-7-6-8-10(11)15(2,3)4/h6-9H,5H2,1-4H3,(H2,17,18,19,20,21). The maximum absolute atomic E-state index is 5.94. The van der Waals surface area contributed by atoms with Crippen molar-refractivity contribution in [1.29, 1.82) is 0 Å². The fourth-order valence-corrected chi connectivity index (χ4v) is 2.17. The Kier molecular flexibility index (Phi) is 4.63. The topological polar surface area (TPSA) is 62.7 Å². The summed E-state index contributed by atoms with van der Waals surface area (Å²) in [6.07, 6.45) is 0. The van der Waals surface area contributed by atoms with Crippen molar-refractivity contribution in [3.8, 4) is 0 Å². The number of rotatable bonds is 4. The highest BCUT2D eigenvalue weighted by Crippen LogP contribution is 2.30. The predicted octanol–water partition coefficient (Wildman–Crippen LogP) is 4.00. The van der Waals surface area contributed by atoms with Crippen LogP contribution in [0.1, 0.15) is 33.3 Å². The Morgan fingerprint density at radius 3 is 2.38 bits per heavy atom. The zero-order valence-electron chi connectivity index (χ0n) is 12.7. The molecule has 0 saturated carbocycles. The van der Waals surface area contributed by atoms with E-state index in [1.165, 1.54) is 5.56 Å². The molecule has 21 heavy (non-hydrogen) atoms. The molecule has 0 amide bonds. The van der Waals surface area contributed by atoms with Crippen molar-refractivity contribution < 1.29 is 0 Å². The van der Waals surface area contributed by atoms with Gasteiger partial charge in [0.1, 0.15) is 0 Å². The van der Waals surface area contributed by atoms with E-state index in [0.29, 0.717) is 11.9 Å². The minimum Gasteiger partial charge on any atom is -0.354 e. The zero-order chi connectivity index (χ0) is 15.5. The molecule has 2 N–H and O–H groups in total. The first kappa shape index (κ1) is 15.5. The van der Waals surface area contributed by atoms with Crippen LogP contribution in [0.3, 0.4) is 0 Å². The van der Waals surface area contributed by atoms with E-state index >= 15 is 0 Å². The maximum Gasteiger partial charge on any atom is 0.233 e. The molecule has 0 unspecified atom stereocenters. The number of anilines is 3. The van der Waals surface area contributed by atoms with E-state index in [0.717, 1.165) is 12.2 Å². The number of para-hydroxylation sites is 1. The number of halogens is 1. The molecule has 0 atom stereocenters. The number of nitrogens with one attached hydrogen (secondary N) is 2. The monoisotopic (exact) mass is 305 g/mol. The van der Waals surface area contributed by atoms with Crippen molar-refractivity contribution in [2.24, 2.45) is 0 Å². The van der Waals surface area contributed by atoms with Gasteiger partial charge in [-0.1, -0.05) is 39.0 Å². The molecular formula is C15H20ClN5. The summed E-state index contributed by atoms with van der Waals surface area (Å²) in [4.78, 5) is 12.5. The minimum atomic E-state index is 0.0188. The molecule has 1 aromatic heterocycles. The van der Waals surface area contributed by atoms with Gasteiger partial charge in [0.25, 0.3) is 0 Å². The van der Waals surface area contributed by atoms with Crippen molar-refractivity contribution in [3.05, 3.63) is 35.1 Å². The van der Waals surface area contributed by atoms with E-state index in [2.05, 4.69) is 52.4 Å². The Bertz CT molecular complexity index is 622. The molecule has 0 spiro atoms. The molecule has 0 fully saturated rings. The second-order valence-corrected chi connectivity index (χ2v) is 6.04. The van der Waals surface area contributed by atoms with Gasteiger partial charge in [-0.3, -0.25) is 0 Å². The maximum atomic E-state index is 5.94. The quantitative estimate of drug-likeness (QED) is 0.894. The number of hydrogen-bond donors (Lipinski definition) is 2. The molecule has 0 saturated heterocycles. The molecule has 1 aromatic carbocycles. The van der Waals surface area contributed by atoms with Gasteiger partial charge < -0.3 is 10.6 Å². The summed E-state index contributed by atoms with van der Waals surface area (Å²) in [7, 11) is 0. The van der Waals surface area contributed by atoms with E-state index in [9.17, 15) is 0 Å². The van der Waals surface area contributed by atoms with Gasteiger partial charge in [0.15, 0.2) is 0 Å². The molecule has 5 nitrogen and oxygen atoms in total. The van der Waals surface area contributed by atoms with Crippen molar-refractivity contribution >= 4 is 29.2 Å². The van der Waals surface area contributed by atoms with Crippen molar-refractivity contribution in [1.82, 2.24) is 15.0 Å². The van der Waals surface area contributed by atoms with Gasteiger partial charge in [-0.25, -0.2) is 0 Å². The van der Waals surface area contributed by atoms with Crippen LogP contribution in [-0.4, -0.2) is 21.5 Å². The molecule has 2 rings (SSSR count). The Labute approximate surface area is 130 Å². The molecule has 112 valence electrons. The second kappa shape index (κ2) is 6.26. The first-order valence-corrected chi connectivity index (χ1v) is 7.30. The highest BCUT2D eigenvalue weighted by molar-refractivity contribution is 6.28. The van der Waals surface area contributed by atoms with Crippen LogP contribution in [0.5, 0.6) is 0 Å². The van der Waals surface area contributed by atoms with Gasteiger partial charge in [0, 0.05) is 12.2 Å². The molecular weight excluding hydrogens is 286 g/mol. The van der Waals surface area contributed by atoms with Crippen molar-refractivity contribution in [3.63, 3.8) is 0 Å². The average molecular weight is 306 g/mol. The van der Waals surface area contributed by atoms with Crippen LogP contribution in [0.25, 0.3) is 0 Å². The first-order valence-electron chi connectivity index (χ1n) is 6.92. The van der Waals surface area contributed by atoms with Gasteiger partial charge in [-0.2, -0.15) is 15.0 Å². The fraction of sp³-hybridized carbons (Fsp3) is 0.400. The summed E-state index contributed by atoms with van der Waals surface area (Å²) >= 11 is 5.94. The summed E-state index contributed by atoms with van der Waals surface area (Å²) < 4.78 is 0. The molecule has 6 heteroatoms. The van der Waals surface area contributed by atoms with Gasteiger partial charge >= 0.3 is 0 Å². The summed E-state index contributed by atoms with van der Waals surface area (Å²) in [5.74, 6) is 0.899. The third kappa shape index (κ3) is 4.04. The second-order valence-electron chi connectivity index (χ2n) is 5.70. The van der Waals surface area contributed by atoms with Gasteiger partial charge in [0.05, 0.1) is 0 Å². The number of benzene rings is 1. The summed E-state index contributed by atoms with van der Waals surface area (Å²) in [6, 6.07) is 8.10. The van der Waals surface area contributed by atoms with Crippen LogP contribution in [0.15, 0.2) is 24.3 Å². The van der Waals surface area contributed by atoms with Crippen LogP contribution in [-0.2, 0) is 5.41 Å². The van der Waals surface area contributed by atoms with Crippen LogP contribution < -0.4 is 10.6 Å². The highest BCUT2D eigenvalue weighted by Gasteiger charge is 2.18. The Balaban J connectivity index is 2.35. The molecule has 0 aliphatic rings. The average Bonchev–Trinajstić information content (AvgIpc) is 2.37. The van der Waals surface area contributed by atoms with Crippen molar-refractivity contribution in [2.75, 3.05) is 17.2 Å². The number of aromatic nitrogens is 3. The lowest BCUT2D eigenvalue weighted by atomic mass is 9.86. The zero-order valence-corrected chi connectivity index (χ0v) is 13.5. The lowest BCUT2D eigenvalue weighted by Crippen LogP contribution is -2.14. The Morgan fingerprint density at radius 2 is 1.71 bits per heavy atom. The molecule has 1 heterocycles. The van der Waals surface area contributed by atoms with E-state index in [4.69, 9.17) is 11.6 Å². The third-order valence-electron chi connectivity index (χ3n) is 2.92. The summed E-state index contributed by atoms with van der Waals surface area (Å²) in [5, 5.41) is 6.43. The third-order valence-corrected chi connectivity index (χ3v) is 3.09. The molecule has 0 aliphatic carbocycles. The largest absolute Gasteiger partial charge is 0.354 e. The van der Waals surface area contributed by atoms with Crippen molar-refractivity contribution in [2.45, 2.75) is 33.1 Å². The van der Waals surface area contributed by atoms with Crippen LogP contribution >= 0.6 is 11.6 Å². The lowest BCUT2D eigenvalue weighted by molar-refractivity contribution is 0.592. The van der Waals surface area contributed by atoms with Gasteiger partial charge in [-0.15, -0.1) is 0 Å². The van der Waals surface area contributed by atoms with Gasteiger partial charge in [0.2, 0.25) is 17.2 Å². The van der Waals surface area contributed by atoms with Gasteiger partial charge in [-0.05, 0) is 35.6 Å². The predicted molar refractivity (Wildman–Crippen MR) is 87.4 cm³/mol. The van der Waals surface area contributed by atoms with Crippen LogP contribution in [0.2, 0.25) is 5.28 Å². The highest BCUT2D eigenvalue weighted by atomic mass is 35.5.